The summed E-state index contributed by atoms with van der Waals surface area (Å²) in [5.74, 6) is 1.35. The Labute approximate surface area is 182 Å². The molecule has 0 aromatic carbocycles. The second-order valence-corrected chi connectivity index (χ2v) is 9.05. The Kier molecular flexibility index (Phi) is 11.0. The Morgan fingerprint density at radius 2 is 1.87 bits per heavy atom. The first-order valence-electron chi connectivity index (χ1n) is 11.3. The van der Waals surface area contributed by atoms with Gasteiger partial charge in [0.2, 0.25) is 5.91 Å². The maximum atomic E-state index is 12.4. The maximum Gasteiger partial charge on any atom is 0.410 e. The minimum absolute atomic E-state index is 0.0628. The van der Waals surface area contributed by atoms with Crippen LogP contribution >= 0.6 is 0 Å². The highest BCUT2D eigenvalue weighted by Gasteiger charge is 2.27. The van der Waals surface area contributed by atoms with Crippen LogP contribution in [0.25, 0.3) is 0 Å². The molecule has 0 aromatic heterocycles. The van der Waals surface area contributed by atoms with Crippen molar-refractivity contribution in [3.63, 3.8) is 0 Å². The van der Waals surface area contributed by atoms with E-state index in [1.807, 2.05) is 34.6 Å². The number of piperidine rings is 1. The molecule has 1 fully saturated rings. The predicted molar refractivity (Wildman–Crippen MR) is 122 cm³/mol. The summed E-state index contributed by atoms with van der Waals surface area (Å²) in [5.41, 5.74) is -0.475. The molecule has 1 unspecified atom stereocenters. The van der Waals surface area contributed by atoms with Crippen molar-refractivity contribution < 1.29 is 14.3 Å². The van der Waals surface area contributed by atoms with Crippen molar-refractivity contribution in [1.29, 1.82) is 0 Å². The lowest BCUT2D eigenvalue weighted by molar-refractivity contribution is -0.121. The van der Waals surface area contributed by atoms with E-state index in [-0.39, 0.29) is 18.0 Å². The van der Waals surface area contributed by atoms with Crippen LogP contribution in [0.15, 0.2) is 4.99 Å². The van der Waals surface area contributed by atoms with Crippen LogP contribution in [0.3, 0.4) is 0 Å². The van der Waals surface area contributed by atoms with E-state index < -0.39 is 5.60 Å². The summed E-state index contributed by atoms with van der Waals surface area (Å²) in [6.45, 7) is 15.4. The molecule has 1 aliphatic heterocycles. The number of guanidine groups is 1. The monoisotopic (exact) mass is 425 g/mol. The number of carbonyl (C=O) groups excluding carboxylic acids is 2. The molecule has 0 spiro atoms. The molecule has 2 amide bonds. The Morgan fingerprint density at radius 1 is 1.23 bits per heavy atom. The molecule has 1 saturated heterocycles. The summed E-state index contributed by atoms with van der Waals surface area (Å²) in [4.78, 5) is 32.7. The highest BCUT2D eigenvalue weighted by molar-refractivity contribution is 5.81. The number of nitrogens with zero attached hydrogens (tertiary/aromatic N) is 3. The van der Waals surface area contributed by atoms with Gasteiger partial charge in [-0.25, -0.2) is 4.79 Å². The van der Waals surface area contributed by atoms with Crippen molar-refractivity contribution in [2.45, 2.75) is 78.9 Å². The van der Waals surface area contributed by atoms with E-state index in [9.17, 15) is 9.59 Å². The summed E-state index contributed by atoms with van der Waals surface area (Å²) >= 11 is 0. The van der Waals surface area contributed by atoms with Crippen molar-refractivity contribution in [3.8, 4) is 0 Å². The number of hydrogen-bond donors (Lipinski definition) is 2. The number of ether oxygens (including phenoxy) is 1. The van der Waals surface area contributed by atoms with E-state index in [1.165, 1.54) is 0 Å². The molecule has 1 aliphatic rings. The number of amides is 2. The fraction of sp³-hybridized carbons (Fsp3) is 0.864. The van der Waals surface area contributed by atoms with Gasteiger partial charge in [-0.05, 0) is 59.8 Å². The molecule has 8 heteroatoms. The Bertz CT molecular complexity index is 566. The predicted octanol–water partition coefficient (Wildman–Crippen LogP) is 2.84. The standard InChI is InChI=1S/C22H43N5O3/c1-8-17(3)25-19(28)10-13-24-20(23-7)27-14-11-18(12-15-27)16-26(9-2)21(29)30-22(4,5)6/h17-18H,8-16H2,1-7H3,(H,23,24)(H,25,28). The van der Waals surface area contributed by atoms with Crippen LogP contribution in [-0.4, -0.2) is 79.2 Å². The highest BCUT2D eigenvalue weighted by atomic mass is 16.6. The Balaban J connectivity index is 2.42. The summed E-state index contributed by atoms with van der Waals surface area (Å²) in [5, 5.41) is 6.28. The molecule has 0 aliphatic carbocycles. The van der Waals surface area contributed by atoms with E-state index in [2.05, 4.69) is 27.4 Å². The van der Waals surface area contributed by atoms with Crippen molar-refractivity contribution in [2.75, 3.05) is 39.8 Å². The molecule has 0 saturated carbocycles. The van der Waals surface area contributed by atoms with Crippen LogP contribution < -0.4 is 10.6 Å². The number of likely N-dealkylation sites (tertiary alicyclic amines) is 1. The molecular formula is C22H43N5O3. The van der Waals surface area contributed by atoms with Gasteiger partial charge in [-0.15, -0.1) is 0 Å². The van der Waals surface area contributed by atoms with Gasteiger partial charge < -0.3 is 25.2 Å². The van der Waals surface area contributed by atoms with Gasteiger partial charge in [0.25, 0.3) is 0 Å². The molecular weight excluding hydrogens is 382 g/mol. The number of carbonyl (C=O) groups is 2. The SMILES string of the molecule is CCC(C)NC(=O)CCNC(=NC)N1CCC(CN(CC)C(=O)OC(C)(C)C)CC1. The number of nitrogens with one attached hydrogen (secondary N) is 2. The average Bonchev–Trinajstić information content (AvgIpc) is 2.68. The molecule has 30 heavy (non-hydrogen) atoms. The highest BCUT2D eigenvalue weighted by Crippen LogP contribution is 2.20. The van der Waals surface area contributed by atoms with Crippen LogP contribution in [0, 0.1) is 5.92 Å². The van der Waals surface area contributed by atoms with E-state index in [0.29, 0.717) is 25.4 Å². The van der Waals surface area contributed by atoms with E-state index in [4.69, 9.17) is 4.74 Å². The lowest BCUT2D eigenvalue weighted by Gasteiger charge is -2.36. The van der Waals surface area contributed by atoms with E-state index in [0.717, 1.165) is 44.9 Å². The zero-order valence-corrected chi connectivity index (χ0v) is 20.1. The fourth-order valence-electron chi connectivity index (χ4n) is 3.37. The lowest BCUT2D eigenvalue weighted by Crippen LogP contribution is -2.48. The van der Waals surface area contributed by atoms with Crippen LogP contribution in [0.1, 0.15) is 67.2 Å². The van der Waals surface area contributed by atoms with Crippen molar-refractivity contribution >= 4 is 18.0 Å². The topological polar surface area (TPSA) is 86.3 Å². The van der Waals surface area contributed by atoms with Crippen molar-refractivity contribution in [3.05, 3.63) is 0 Å². The van der Waals surface area contributed by atoms with Gasteiger partial charge in [-0.1, -0.05) is 6.92 Å². The molecule has 2 N–H and O–H groups in total. The van der Waals surface area contributed by atoms with Gasteiger partial charge in [0.1, 0.15) is 5.60 Å². The van der Waals surface area contributed by atoms with Crippen LogP contribution in [0.2, 0.25) is 0 Å². The van der Waals surface area contributed by atoms with Gasteiger partial charge in [-0.3, -0.25) is 9.79 Å². The van der Waals surface area contributed by atoms with Gasteiger partial charge >= 0.3 is 6.09 Å². The molecule has 8 nitrogen and oxygen atoms in total. The molecule has 0 aromatic rings. The average molecular weight is 426 g/mol. The normalized spacial score (nSPS) is 16.8. The lowest BCUT2D eigenvalue weighted by atomic mass is 9.96. The number of hydrogen-bond acceptors (Lipinski definition) is 4. The van der Waals surface area contributed by atoms with E-state index >= 15 is 0 Å². The molecule has 1 heterocycles. The summed E-state index contributed by atoms with van der Waals surface area (Å²) in [7, 11) is 1.77. The number of aliphatic imine (C=N–C) groups is 1. The maximum absolute atomic E-state index is 12.4. The Morgan fingerprint density at radius 3 is 2.37 bits per heavy atom. The molecule has 1 atom stereocenters. The second-order valence-electron chi connectivity index (χ2n) is 9.05. The fourth-order valence-corrected chi connectivity index (χ4v) is 3.37. The zero-order chi connectivity index (χ0) is 22.7. The third-order valence-electron chi connectivity index (χ3n) is 5.29. The molecule has 0 bridgehead atoms. The quantitative estimate of drug-likeness (QED) is 0.461. The summed E-state index contributed by atoms with van der Waals surface area (Å²) in [6, 6.07) is 0.208. The van der Waals surface area contributed by atoms with Crippen molar-refractivity contribution in [2.24, 2.45) is 10.9 Å². The largest absolute Gasteiger partial charge is 0.444 e. The zero-order valence-electron chi connectivity index (χ0n) is 20.1. The van der Waals surface area contributed by atoms with Gasteiger partial charge in [0.15, 0.2) is 5.96 Å². The van der Waals surface area contributed by atoms with Crippen LogP contribution in [-0.2, 0) is 9.53 Å². The Hall–Kier alpha value is -1.99. The van der Waals surface area contributed by atoms with Gasteiger partial charge in [0, 0.05) is 52.2 Å². The third kappa shape index (κ3) is 9.67. The minimum Gasteiger partial charge on any atom is -0.444 e. The van der Waals surface area contributed by atoms with E-state index in [1.54, 1.807) is 11.9 Å². The van der Waals surface area contributed by atoms with Crippen LogP contribution in [0.4, 0.5) is 4.79 Å². The van der Waals surface area contributed by atoms with Crippen molar-refractivity contribution in [1.82, 2.24) is 20.4 Å². The summed E-state index contributed by atoms with van der Waals surface area (Å²) in [6.07, 6.45) is 3.11. The number of rotatable bonds is 8. The first-order chi connectivity index (χ1) is 14.1. The third-order valence-corrected chi connectivity index (χ3v) is 5.29. The molecule has 174 valence electrons. The second kappa shape index (κ2) is 12.6. The summed E-state index contributed by atoms with van der Waals surface area (Å²) < 4.78 is 5.52. The minimum atomic E-state index is -0.475. The van der Waals surface area contributed by atoms with Gasteiger partial charge in [0.05, 0.1) is 0 Å². The van der Waals surface area contributed by atoms with Gasteiger partial charge in [-0.2, -0.15) is 0 Å². The molecule has 0 radical (unpaired) electrons. The first-order valence-corrected chi connectivity index (χ1v) is 11.3. The molecule has 1 rings (SSSR count). The van der Waals surface area contributed by atoms with Crippen LogP contribution in [0.5, 0.6) is 0 Å². The first kappa shape index (κ1) is 26.0. The smallest absolute Gasteiger partial charge is 0.410 e.